The number of carbonyl (C=O) groups excluding carboxylic acids is 1. The highest BCUT2D eigenvalue weighted by Gasteiger charge is 2.12. The van der Waals surface area contributed by atoms with Gasteiger partial charge in [0.1, 0.15) is 0 Å². The number of aryl methyl sites for hydroxylation is 3. The van der Waals surface area contributed by atoms with Gasteiger partial charge in [-0.15, -0.1) is 0 Å². The minimum absolute atomic E-state index is 0.112. The second-order valence-electron chi connectivity index (χ2n) is 6.81. The Balaban J connectivity index is 1.67. The highest BCUT2D eigenvalue weighted by Crippen LogP contribution is 2.26. The zero-order chi connectivity index (χ0) is 18.8. The minimum Gasteiger partial charge on any atom is -0.358 e. The molecule has 0 unspecified atom stereocenters. The van der Waals surface area contributed by atoms with Gasteiger partial charge >= 0.3 is 0 Å². The van der Waals surface area contributed by atoms with Crippen LogP contribution in [0.25, 0.3) is 10.9 Å². The molecule has 0 bridgehead atoms. The fourth-order valence-corrected chi connectivity index (χ4v) is 3.38. The van der Waals surface area contributed by atoms with E-state index in [9.17, 15) is 9.59 Å². The van der Waals surface area contributed by atoms with Crippen molar-refractivity contribution in [3.8, 4) is 0 Å². The van der Waals surface area contributed by atoms with E-state index in [1.54, 1.807) is 6.92 Å². The third kappa shape index (κ3) is 3.54. The topological polar surface area (TPSA) is 90.6 Å². The molecule has 0 saturated carbocycles. The van der Waals surface area contributed by atoms with Crippen molar-refractivity contribution >= 4 is 16.8 Å². The normalized spacial score (nSPS) is 11.1. The van der Waals surface area contributed by atoms with E-state index in [-0.39, 0.29) is 17.9 Å². The van der Waals surface area contributed by atoms with E-state index in [0.717, 1.165) is 17.6 Å². The number of rotatable bonds is 5. The van der Waals surface area contributed by atoms with Crippen molar-refractivity contribution in [2.75, 3.05) is 6.54 Å². The zero-order valence-electron chi connectivity index (χ0n) is 15.6. The lowest BCUT2D eigenvalue weighted by Gasteiger charge is -2.07. The number of fused-ring (bicyclic) bond motifs is 1. The number of benzene rings is 1. The molecule has 0 fully saturated rings. The minimum atomic E-state index is -0.206. The second-order valence-corrected chi connectivity index (χ2v) is 6.81. The molecule has 0 atom stereocenters. The number of amides is 1. The summed E-state index contributed by atoms with van der Waals surface area (Å²) < 4.78 is 0. The molecule has 2 aromatic heterocycles. The smallest absolute Gasteiger partial charge is 0.253 e. The standard InChI is InChI=1S/C20H24N4O2/c1-11-7-12(2)19-16(8-11)15(14(4)24-19)5-6-21-18(25)9-17-13(3)20(26)23-10-22-17/h7-8,10,24H,5-6,9H2,1-4H3,(H,21,25)(H,22,23,26). The van der Waals surface area contributed by atoms with E-state index < -0.39 is 0 Å². The summed E-state index contributed by atoms with van der Waals surface area (Å²) in [4.78, 5) is 33.8. The number of carbonyl (C=O) groups is 1. The van der Waals surface area contributed by atoms with Gasteiger partial charge in [0.15, 0.2) is 0 Å². The molecular weight excluding hydrogens is 328 g/mol. The van der Waals surface area contributed by atoms with Crippen molar-refractivity contribution in [1.29, 1.82) is 0 Å². The predicted molar refractivity (Wildman–Crippen MR) is 103 cm³/mol. The first kappa shape index (κ1) is 17.9. The molecule has 1 amide bonds. The number of H-pyrrole nitrogens is 2. The van der Waals surface area contributed by atoms with Crippen LogP contribution in [0.4, 0.5) is 0 Å². The van der Waals surface area contributed by atoms with E-state index in [0.29, 0.717) is 17.8 Å². The maximum atomic E-state index is 12.2. The lowest BCUT2D eigenvalue weighted by Crippen LogP contribution is -2.29. The lowest BCUT2D eigenvalue weighted by atomic mass is 10.0. The van der Waals surface area contributed by atoms with Gasteiger partial charge < -0.3 is 15.3 Å². The van der Waals surface area contributed by atoms with Crippen molar-refractivity contribution in [2.24, 2.45) is 0 Å². The van der Waals surface area contributed by atoms with Crippen molar-refractivity contribution in [3.05, 3.63) is 62.5 Å². The van der Waals surface area contributed by atoms with Crippen LogP contribution in [-0.4, -0.2) is 27.4 Å². The second kappa shape index (κ2) is 7.15. The Kier molecular flexibility index (Phi) is 4.93. The molecule has 0 saturated heterocycles. The van der Waals surface area contributed by atoms with Crippen LogP contribution in [0, 0.1) is 27.7 Å². The van der Waals surface area contributed by atoms with Gasteiger partial charge in [-0.25, -0.2) is 4.98 Å². The summed E-state index contributed by atoms with van der Waals surface area (Å²) in [7, 11) is 0. The molecule has 0 spiro atoms. The van der Waals surface area contributed by atoms with E-state index >= 15 is 0 Å². The van der Waals surface area contributed by atoms with Gasteiger partial charge in [-0.2, -0.15) is 0 Å². The van der Waals surface area contributed by atoms with Crippen LogP contribution in [0.2, 0.25) is 0 Å². The summed E-state index contributed by atoms with van der Waals surface area (Å²) in [6, 6.07) is 4.35. The van der Waals surface area contributed by atoms with Crippen molar-refractivity contribution in [1.82, 2.24) is 20.3 Å². The molecule has 0 radical (unpaired) electrons. The van der Waals surface area contributed by atoms with E-state index in [4.69, 9.17) is 0 Å². The highest BCUT2D eigenvalue weighted by atomic mass is 16.1. The van der Waals surface area contributed by atoms with Crippen LogP contribution in [0.1, 0.15) is 33.6 Å². The molecule has 3 rings (SSSR count). The largest absolute Gasteiger partial charge is 0.358 e. The van der Waals surface area contributed by atoms with Gasteiger partial charge in [-0.05, 0) is 51.3 Å². The van der Waals surface area contributed by atoms with Gasteiger partial charge in [0, 0.05) is 28.7 Å². The summed E-state index contributed by atoms with van der Waals surface area (Å²) in [5.41, 5.74) is 6.79. The molecule has 0 aliphatic heterocycles. The fraction of sp³-hybridized carbons (Fsp3) is 0.350. The van der Waals surface area contributed by atoms with Crippen LogP contribution in [-0.2, 0) is 17.6 Å². The fourth-order valence-electron chi connectivity index (χ4n) is 3.38. The van der Waals surface area contributed by atoms with Gasteiger partial charge in [0.05, 0.1) is 18.4 Å². The highest BCUT2D eigenvalue weighted by molar-refractivity contribution is 5.88. The summed E-state index contributed by atoms with van der Waals surface area (Å²) >= 11 is 0. The number of aromatic nitrogens is 3. The zero-order valence-corrected chi connectivity index (χ0v) is 15.6. The number of hydrogen-bond donors (Lipinski definition) is 3. The quantitative estimate of drug-likeness (QED) is 0.658. The van der Waals surface area contributed by atoms with Gasteiger partial charge in [-0.3, -0.25) is 9.59 Å². The summed E-state index contributed by atoms with van der Waals surface area (Å²) in [6.45, 7) is 8.48. The van der Waals surface area contributed by atoms with Crippen LogP contribution in [0.15, 0.2) is 23.3 Å². The lowest BCUT2D eigenvalue weighted by molar-refractivity contribution is -0.120. The molecule has 3 aromatic rings. The SMILES string of the molecule is Cc1cc(C)c2[nH]c(C)c(CCNC(=O)Cc3nc[nH]c(=O)c3C)c2c1. The summed E-state index contributed by atoms with van der Waals surface area (Å²) in [6.07, 6.45) is 2.20. The third-order valence-electron chi connectivity index (χ3n) is 4.78. The van der Waals surface area contributed by atoms with E-state index in [2.05, 4.69) is 53.2 Å². The first-order valence-electron chi connectivity index (χ1n) is 8.75. The third-order valence-corrected chi connectivity index (χ3v) is 4.78. The number of aromatic amines is 2. The van der Waals surface area contributed by atoms with Crippen molar-refractivity contribution < 1.29 is 4.79 Å². The number of nitrogens with one attached hydrogen (secondary N) is 3. The molecular formula is C20H24N4O2. The predicted octanol–water partition coefficient (Wildman–Crippen LogP) is 2.39. The molecule has 26 heavy (non-hydrogen) atoms. The molecule has 3 N–H and O–H groups in total. The van der Waals surface area contributed by atoms with Crippen LogP contribution >= 0.6 is 0 Å². The Labute approximate surface area is 152 Å². The first-order valence-corrected chi connectivity index (χ1v) is 8.75. The Bertz CT molecular complexity index is 1030. The molecule has 0 aliphatic rings. The van der Waals surface area contributed by atoms with Crippen molar-refractivity contribution in [3.63, 3.8) is 0 Å². The molecule has 6 nitrogen and oxygen atoms in total. The molecule has 2 heterocycles. The Hall–Kier alpha value is -2.89. The van der Waals surface area contributed by atoms with Crippen LogP contribution in [0.3, 0.4) is 0 Å². The molecule has 6 heteroatoms. The summed E-state index contributed by atoms with van der Waals surface area (Å²) in [5.74, 6) is -0.129. The van der Waals surface area contributed by atoms with Crippen molar-refractivity contribution in [2.45, 2.75) is 40.5 Å². The van der Waals surface area contributed by atoms with Gasteiger partial charge in [-0.1, -0.05) is 11.6 Å². The van der Waals surface area contributed by atoms with Gasteiger partial charge in [0.25, 0.3) is 5.56 Å². The van der Waals surface area contributed by atoms with Crippen LogP contribution in [0.5, 0.6) is 0 Å². The maximum Gasteiger partial charge on any atom is 0.253 e. The Morgan fingerprint density at radius 2 is 1.96 bits per heavy atom. The average Bonchev–Trinajstić information content (AvgIpc) is 2.88. The number of hydrogen-bond acceptors (Lipinski definition) is 3. The maximum absolute atomic E-state index is 12.2. The van der Waals surface area contributed by atoms with Gasteiger partial charge in [0.2, 0.25) is 5.91 Å². The summed E-state index contributed by atoms with van der Waals surface area (Å²) in [5, 5.41) is 4.16. The molecule has 1 aromatic carbocycles. The number of nitrogens with zero attached hydrogens (tertiary/aromatic N) is 1. The molecule has 0 aliphatic carbocycles. The average molecular weight is 352 g/mol. The monoisotopic (exact) mass is 352 g/mol. The van der Waals surface area contributed by atoms with Crippen LogP contribution < -0.4 is 10.9 Å². The van der Waals surface area contributed by atoms with E-state index in [1.165, 1.54) is 28.4 Å². The molecule has 136 valence electrons. The Morgan fingerprint density at radius 3 is 2.73 bits per heavy atom. The first-order chi connectivity index (χ1) is 12.4. The van der Waals surface area contributed by atoms with E-state index in [1.807, 2.05) is 0 Å². The Morgan fingerprint density at radius 1 is 1.19 bits per heavy atom.